The summed E-state index contributed by atoms with van der Waals surface area (Å²) in [4.78, 5) is 8.69. The Morgan fingerprint density at radius 2 is 2.06 bits per heavy atom. The maximum Gasteiger partial charge on any atom is 0.132 e. The van der Waals surface area contributed by atoms with Gasteiger partial charge in [-0.2, -0.15) is 0 Å². The van der Waals surface area contributed by atoms with Crippen molar-refractivity contribution in [2.75, 3.05) is 23.7 Å². The smallest absolute Gasteiger partial charge is 0.132 e. The summed E-state index contributed by atoms with van der Waals surface area (Å²) in [5.74, 6) is 2.34. The molecule has 5 nitrogen and oxygen atoms in total. The number of nitrogens with two attached hydrogens (primary N) is 1. The normalized spacial score (nSPS) is 11.1. The summed E-state index contributed by atoms with van der Waals surface area (Å²) in [5.41, 5.74) is 5.52. The predicted molar refractivity (Wildman–Crippen MR) is 76.8 cm³/mol. The first-order chi connectivity index (χ1) is 8.46. The molecule has 0 unspecified atom stereocenters. The van der Waals surface area contributed by atoms with Crippen LogP contribution in [0.2, 0.25) is 0 Å². The number of nitrogens with one attached hydrogen (secondary N) is 2. The zero-order valence-electron chi connectivity index (χ0n) is 11.5. The molecule has 0 spiro atoms. The van der Waals surface area contributed by atoms with Gasteiger partial charge in [-0.3, -0.25) is 0 Å². The van der Waals surface area contributed by atoms with Gasteiger partial charge in [0.15, 0.2) is 0 Å². The second kappa shape index (κ2) is 6.35. The number of anilines is 2. The van der Waals surface area contributed by atoms with Gasteiger partial charge in [0.2, 0.25) is 0 Å². The van der Waals surface area contributed by atoms with Gasteiger partial charge < -0.3 is 16.4 Å². The second-order valence-electron chi connectivity index (χ2n) is 4.90. The molecule has 0 aliphatic heterocycles. The van der Waals surface area contributed by atoms with Gasteiger partial charge in [0, 0.05) is 18.2 Å². The molecular weight excluding hydrogens is 226 g/mol. The molecule has 1 aromatic heterocycles. The van der Waals surface area contributed by atoms with E-state index >= 15 is 0 Å². The van der Waals surface area contributed by atoms with Crippen LogP contribution < -0.4 is 16.4 Å². The molecule has 1 aromatic rings. The van der Waals surface area contributed by atoms with E-state index in [-0.39, 0.29) is 5.54 Å². The molecule has 100 valence electrons. The fourth-order valence-corrected chi connectivity index (χ4v) is 1.67. The predicted octanol–water partition coefficient (Wildman–Crippen LogP) is 1.92. The molecular formula is C13H23N5. The summed E-state index contributed by atoms with van der Waals surface area (Å²) in [6.45, 7) is 11.1. The van der Waals surface area contributed by atoms with Gasteiger partial charge in [0.25, 0.3) is 0 Å². The Labute approximate surface area is 109 Å². The Hall–Kier alpha value is -1.62. The fourth-order valence-electron chi connectivity index (χ4n) is 1.67. The van der Waals surface area contributed by atoms with Crippen molar-refractivity contribution in [2.24, 2.45) is 5.73 Å². The molecule has 0 atom stereocenters. The summed E-state index contributed by atoms with van der Waals surface area (Å²) < 4.78 is 0. The number of hydrogen-bond donors (Lipinski definition) is 3. The van der Waals surface area contributed by atoms with Crippen molar-refractivity contribution >= 4 is 11.6 Å². The second-order valence-corrected chi connectivity index (χ2v) is 4.90. The van der Waals surface area contributed by atoms with E-state index in [1.807, 2.05) is 13.0 Å². The first-order valence-corrected chi connectivity index (χ1v) is 6.15. The van der Waals surface area contributed by atoms with Crippen molar-refractivity contribution in [3.63, 3.8) is 0 Å². The Morgan fingerprint density at radius 3 is 2.67 bits per heavy atom. The van der Waals surface area contributed by atoms with Crippen LogP contribution in [0.4, 0.5) is 11.6 Å². The van der Waals surface area contributed by atoms with Crippen LogP contribution in [0.1, 0.15) is 26.1 Å². The number of aromatic nitrogens is 2. The van der Waals surface area contributed by atoms with Gasteiger partial charge in [0.05, 0.1) is 0 Å². The van der Waals surface area contributed by atoms with Crippen molar-refractivity contribution in [3.8, 4) is 0 Å². The van der Waals surface area contributed by atoms with Gasteiger partial charge in [-0.15, -0.1) is 6.58 Å². The molecule has 0 amide bonds. The molecule has 18 heavy (non-hydrogen) atoms. The molecule has 0 fully saturated rings. The zero-order chi connectivity index (χ0) is 13.6. The number of nitrogens with zero attached hydrogens (tertiary/aromatic N) is 2. The highest BCUT2D eigenvalue weighted by Crippen LogP contribution is 2.18. The van der Waals surface area contributed by atoms with Crippen LogP contribution in [-0.2, 0) is 0 Å². The van der Waals surface area contributed by atoms with Crippen molar-refractivity contribution in [1.29, 1.82) is 0 Å². The van der Waals surface area contributed by atoms with Gasteiger partial charge in [-0.1, -0.05) is 6.08 Å². The topological polar surface area (TPSA) is 75.9 Å². The summed E-state index contributed by atoms with van der Waals surface area (Å²) in [6.07, 6.45) is 2.67. The van der Waals surface area contributed by atoms with Crippen LogP contribution in [0, 0.1) is 6.92 Å². The third-order valence-corrected chi connectivity index (χ3v) is 2.50. The lowest BCUT2D eigenvalue weighted by molar-refractivity contribution is 0.524. The van der Waals surface area contributed by atoms with Gasteiger partial charge >= 0.3 is 0 Å². The van der Waals surface area contributed by atoms with E-state index in [0.717, 1.165) is 23.9 Å². The largest absolute Gasteiger partial charge is 0.366 e. The molecule has 5 heteroatoms. The summed E-state index contributed by atoms with van der Waals surface area (Å²) in [6, 6.07) is 1.90. The highest BCUT2D eigenvalue weighted by molar-refractivity contribution is 5.49. The minimum Gasteiger partial charge on any atom is -0.366 e. The van der Waals surface area contributed by atoms with E-state index in [2.05, 4.69) is 41.0 Å². The third kappa shape index (κ3) is 4.71. The lowest BCUT2D eigenvalue weighted by atomic mass is 10.0. The van der Waals surface area contributed by atoms with Crippen LogP contribution >= 0.6 is 0 Å². The van der Waals surface area contributed by atoms with E-state index in [9.17, 15) is 0 Å². The minimum absolute atomic E-state index is 0.0781. The van der Waals surface area contributed by atoms with E-state index in [1.165, 1.54) is 0 Å². The van der Waals surface area contributed by atoms with Gasteiger partial charge in [0.1, 0.15) is 17.5 Å². The van der Waals surface area contributed by atoms with Crippen molar-refractivity contribution < 1.29 is 0 Å². The first kappa shape index (κ1) is 14.4. The standard InChI is InChI=1S/C13H23N5/c1-5-8-15-11-9-12(17-10(2)16-11)18-13(3,4)6-7-14/h5,9H,1,6-8,14H2,2-4H3,(H2,15,16,17,18). The van der Waals surface area contributed by atoms with E-state index in [4.69, 9.17) is 5.73 Å². The first-order valence-electron chi connectivity index (χ1n) is 6.15. The van der Waals surface area contributed by atoms with Crippen molar-refractivity contribution in [1.82, 2.24) is 9.97 Å². The van der Waals surface area contributed by atoms with Gasteiger partial charge in [-0.25, -0.2) is 9.97 Å². The summed E-state index contributed by atoms with van der Waals surface area (Å²) in [7, 11) is 0. The number of aryl methyl sites for hydroxylation is 1. The molecule has 0 aliphatic rings. The molecule has 4 N–H and O–H groups in total. The molecule has 1 heterocycles. The van der Waals surface area contributed by atoms with Crippen LogP contribution in [0.3, 0.4) is 0 Å². The molecule has 0 aliphatic carbocycles. The lowest BCUT2D eigenvalue weighted by Crippen LogP contribution is -2.33. The Kier molecular flexibility index (Phi) is 5.09. The van der Waals surface area contributed by atoms with Crippen molar-refractivity contribution in [2.45, 2.75) is 32.7 Å². The lowest BCUT2D eigenvalue weighted by Gasteiger charge is -2.26. The third-order valence-electron chi connectivity index (χ3n) is 2.50. The monoisotopic (exact) mass is 249 g/mol. The molecule has 0 saturated heterocycles. The summed E-state index contributed by atoms with van der Waals surface area (Å²) in [5, 5.41) is 6.54. The quantitative estimate of drug-likeness (QED) is 0.644. The van der Waals surface area contributed by atoms with E-state index in [1.54, 1.807) is 6.08 Å². The Bertz CT molecular complexity index is 400. The maximum absolute atomic E-state index is 5.60. The van der Waals surface area contributed by atoms with E-state index < -0.39 is 0 Å². The highest BCUT2D eigenvalue weighted by atomic mass is 15.1. The average molecular weight is 249 g/mol. The summed E-state index contributed by atoms with van der Waals surface area (Å²) >= 11 is 0. The average Bonchev–Trinajstić information content (AvgIpc) is 2.24. The zero-order valence-corrected chi connectivity index (χ0v) is 11.5. The molecule has 0 aromatic carbocycles. The minimum atomic E-state index is -0.0781. The number of rotatable bonds is 7. The van der Waals surface area contributed by atoms with Crippen LogP contribution in [0.5, 0.6) is 0 Å². The number of hydrogen-bond acceptors (Lipinski definition) is 5. The Balaban J connectivity index is 2.82. The fraction of sp³-hybridized carbons (Fsp3) is 0.538. The van der Waals surface area contributed by atoms with Crippen LogP contribution in [-0.4, -0.2) is 28.6 Å². The van der Waals surface area contributed by atoms with E-state index in [0.29, 0.717) is 13.1 Å². The molecule has 0 radical (unpaired) electrons. The van der Waals surface area contributed by atoms with Crippen molar-refractivity contribution in [3.05, 3.63) is 24.5 Å². The van der Waals surface area contributed by atoms with Crippen LogP contribution in [0.15, 0.2) is 18.7 Å². The molecule has 0 bridgehead atoms. The highest BCUT2D eigenvalue weighted by Gasteiger charge is 2.17. The molecule has 0 saturated carbocycles. The Morgan fingerprint density at radius 1 is 1.39 bits per heavy atom. The molecule has 1 rings (SSSR count). The SMILES string of the molecule is C=CCNc1cc(NC(C)(C)CCN)nc(C)n1. The maximum atomic E-state index is 5.60. The van der Waals surface area contributed by atoms with Gasteiger partial charge in [-0.05, 0) is 33.7 Å². The van der Waals surface area contributed by atoms with Crippen LogP contribution in [0.25, 0.3) is 0 Å².